The van der Waals surface area contributed by atoms with Gasteiger partial charge in [0.25, 0.3) is 0 Å². The largest absolute Gasteiger partial charge is 0.486 e. The van der Waals surface area contributed by atoms with E-state index in [0.29, 0.717) is 25.6 Å². The quantitative estimate of drug-likeness (QED) is 0.739. The van der Waals surface area contributed by atoms with Gasteiger partial charge in [0.2, 0.25) is 0 Å². The van der Waals surface area contributed by atoms with Crippen molar-refractivity contribution >= 4 is 27.6 Å². The Morgan fingerprint density at radius 1 is 1.24 bits per heavy atom. The highest BCUT2D eigenvalue weighted by Gasteiger charge is 2.26. The summed E-state index contributed by atoms with van der Waals surface area (Å²) in [5.41, 5.74) is 1.22. The molecule has 2 amide bonds. The minimum atomic E-state index is -0.167. The molecule has 2 heterocycles. The lowest BCUT2D eigenvalue weighted by molar-refractivity contribution is 0.0715. The molecular weight excluding hydrogens is 434 g/mol. The Labute approximate surface area is 179 Å². The molecule has 7 heteroatoms. The first kappa shape index (κ1) is 19.9. The fourth-order valence-electron chi connectivity index (χ4n) is 3.81. The maximum atomic E-state index is 12.5. The average Bonchev–Trinajstić information content (AvgIpc) is 3.21. The number of halogens is 1. The highest BCUT2D eigenvalue weighted by atomic mass is 79.9. The van der Waals surface area contributed by atoms with E-state index in [-0.39, 0.29) is 12.1 Å². The van der Waals surface area contributed by atoms with Crippen molar-refractivity contribution in [1.29, 1.82) is 0 Å². The van der Waals surface area contributed by atoms with E-state index in [1.807, 2.05) is 30.3 Å². The average molecular weight is 460 g/mol. The van der Waals surface area contributed by atoms with Gasteiger partial charge in [-0.15, -0.1) is 0 Å². The molecule has 1 fully saturated rings. The van der Waals surface area contributed by atoms with E-state index in [1.54, 1.807) is 11.9 Å². The summed E-state index contributed by atoms with van der Waals surface area (Å²) in [4.78, 5) is 16.6. The molecule has 4 rings (SSSR count). The molecule has 0 radical (unpaired) electrons. The zero-order valence-electron chi connectivity index (χ0n) is 16.5. The zero-order chi connectivity index (χ0) is 20.2. The number of anilines is 1. The molecule has 0 spiro atoms. The Bertz CT molecular complexity index is 863. The van der Waals surface area contributed by atoms with Crippen molar-refractivity contribution in [3.63, 3.8) is 0 Å². The summed E-state index contributed by atoms with van der Waals surface area (Å²) in [6, 6.07) is 15.9. The molecular formula is C22H26BrN3O3. The summed E-state index contributed by atoms with van der Waals surface area (Å²) < 4.78 is 12.8. The van der Waals surface area contributed by atoms with Gasteiger partial charge in [-0.3, -0.25) is 0 Å². The number of rotatable bonds is 5. The molecule has 1 saturated heterocycles. The smallest absolute Gasteiger partial charge is 0.317 e. The van der Waals surface area contributed by atoms with Crippen molar-refractivity contribution in [2.45, 2.75) is 12.5 Å². The second-order valence-corrected chi connectivity index (χ2v) is 8.56. The minimum absolute atomic E-state index is 0.0756. The van der Waals surface area contributed by atoms with Gasteiger partial charge in [-0.1, -0.05) is 34.1 Å². The second kappa shape index (κ2) is 8.95. The number of para-hydroxylation sites is 2. The number of hydrogen-bond donors (Lipinski definition) is 1. The molecule has 2 aromatic carbocycles. The van der Waals surface area contributed by atoms with Crippen LogP contribution in [-0.2, 0) is 0 Å². The third-order valence-electron chi connectivity index (χ3n) is 5.39. The Morgan fingerprint density at radius 3 is 2.90 bits per heavy atom. The maximum absolute atomic E-state index is 12.5. The van der Waals surface area contributed by atoms with Crippen LogP contribution >= 0.6 is 15.9 Å². The third-order valence-corrected chi connectivity index (χ3v) is 5.89. The summed E-state index contributed by atoms with van der Waals surface area (Å²) in [6.45, 7) is 3.57. The normalized spacial score (nSPS) is 20.4. The van der Waals surface area contributed by atoms with Gasteiger partial charge >= 0.3 is 6.03 Å². The molecule has 0 saturated carbocycles. The van der Waals surface area contributed by atoms with Gasteiger partial charge in [0.1, 0.15) is 6.61 Å². The third kappa shape index (κ3) is 4.96. The standard InChI is InChI=1S/C22H26BrN3O3/c1-25(14-19-15-28-20-7-2-3-8-21(20)29-19)22(27)24-12-16-9-10-26(13-16)18-6-4-5-17(23)11-18/h2-8,11,16,19H,9-10,12-15H2,1H3,(H,24,27). The van der Waals surface area contributed by atoms with Gasteiger partial charge in [-0.25, -0.2) is 4.79 Å². The van der Waals surface area contributed by atoms with Crippen molar-refractivity contribution in [2.24, 2.45) is 5.92 Å². The van der Waals surface area contributed by atoms with Crippen molar-refractivity contribution in [2.75, 3.05) is 44.7 Å². The molecule has 154 valence electrons. The van der Waals surface area contributed by atoms with E-state index in [0.717, 1.165) is 35.5 Å². The van der Waals surface area contributed by atoms with Crippen LogP contribution in [0.3, 0.4) is 0 Å². The van der Waals surface area contributed by atoms with Gasteiger partial charge in [0.05, 0.1) is 6.54 Å². The number of amides is 2. The molecule has 2 aromatic rings. The Kier molecular flexibility index (Phi) is 6.13. The van der Waals surface area contributed by atoms with E-state index in [4.69, 9.17) is 9.47 Å². The highest BCUT2D eigenvalue weighted by Crippen LogP contribution is 2.31. The molecule has 0 aliphatic carbocycles. The maximum Gasteiger partial charge on any atom is 0.317 e. The topological polar surface area (TPSA) is 54.0 Å². The molecule has 6 nitrogen and oxygen atoms in total. The van der Waals surface area contributed by atoms with Gasteiger partial charge in [0, 0.05) is 36.8 Å². The van der Waals surface area contributed by atoms with Crippen LogP contribution in [0.2, 0.25) is 0 Å². The fourth-order valence-corrected chi connectivity index (χ4v) is 4.20. The van der Waals surface area contributed by atoms with Crippen molar-refractivity contribution in [1.82, 2.24) is 10.2 Å². The van der Waals surface area contributed by atoms with Crippen LogP contribution in [0, 0.1) is 5.92 Å². The number of fused-ring (bicyclic) bond motifs is 1. The van der Waals surface area contributed by atoms with Crippen LogP contribution in [0.4, 0.5) is 10.5 Å². The number of likely N-dealkylation sites (N-methyl/N-ethyl adjacent to an activating group) is 1. The lowest BCUT2D eigenvalue weighted by Gasteiger charge is -2.29. The summed E-state index contributed by atoms with van der Waals surface area (Å²) in [5, 5.41) is 3.07. The summed E-state index contributed by atoms with van der Waals surface area (Å²) in [6.07, 6.45) is 0.909. The first-order chi connectivity index (χ1) is 14.1. The molecule has 2 unspecified atom stereocenters. The number of nitrogens with one attached hydrogen (secondary N) is 1. The number of carbonyl (C=O) groups is 1. The number of ether oxygens (including phenoxy) is 2. The van der Waals surface area contributed by atoms with E-state index in [9.17, 15) is 4.79 Å². The molecule has 2 atom stereocenters. The summed E-state index contributed by atoms with van der Waals surface area (Å²) >= 11 is 3.53. The number of nitrogens with zero attached hydrogens (tertiary/aromatic N) is 2. The summed E-state index contributed by atoms with van der Waals surface area (Å²) in [5.74, 6) is 1.94. The Balaban J connectivity index is 1.22. The number of urea groups is 1. The van der Waals surface area contributed by atoms with Crippen molar-refractivity contribution < 1.29 is 14.3 Å². The molecule has 29 heavy (non-hydrogen) atoms. The van der Waals surface area contributed by atoms with Crippen LogP contribution in [0.25, 0.3) is 0 Å². The van der Waals surface area contributed by atoms with E-state index in [2.05, 4.69) is 44.3 Å². The van der Waals surface area contributed by atoms with Gasteiger partial charge in [-0.2, -0.15) is 0 Å². The van der Waals surface area contributed by atoms with Crippen LogP contribution in [-0.4, -0.2) is 56.9 Å². The SMILES string of the molecule is CN(CC1COc2ccccc2O1)C(=O)NCC1CCN(c2cccc(Br)c2)C1. The Hall–Kier alpha value is -2.41. The molecule has 2 aliphatic rings. The highest BCUT2D eigenvalue weighted by molar-refractivity contribution is 9.10. The molecule has 0 bridgehead atoms. The predicted octanol–water partition coefficient (Wildman–Crippen LogP) is 3.76. The monoisotopic (exact) mass is 459 g/mol. The van der Waals surface area contributed by atoms with Gasteiger partial charge in [-0.05, 0) is 42.7 Å². The predicted molar refractivity (Wildman–Crippen MR) is 117 cm³/mol. The van der Waals surface area contributed by atoms with Gasteiger partial charge in [0.15, 0.2) is 17.6 Å². The lowest BCUT2D eigenvalue weighted by atomic mass is 10.1. The van der Waals surface area contributed by atoms with Gasteiger partial charge < -0.3 is 24.6 Å². The number of hydrogen-bond acceptors (Lipinski definition) is 4. The number of benzene rings is 2. The first-order valence-corrected chi connectivity index (χ1v) is 10.8. The fraction of sp³-hybridized carbons (Fsp3) is 0.409. The number of carbonyl (C=O) groups excluding carboxylic acids is 1. The molecule has 2 aliphatic heterocycles. The van der Waals surface area contributed by atoms with E-state index in [1.165, 1.54) is 5.69 Å². The minimum Gasteiger partial charge on any atom is -0.486 e. The second-order valence-electron chi connectivity index (χ2n) is 7.64. The summed E-state index contributed by atoms with van der Waals surface area (Å²) in [7, 11) is 1.79. The van der Waals surface area contributed by atoms with Crippen molar-refractivity contribution in [3.05, 3.63) is 53.0 Å². The molecule has 0 aromatic heterocycles. The van der Waals surface area contributed by atoms with Crippen LogP contribution < -0.4 is 19.7 Å². The lowest BCUT2D eigenvalue weighted by Crippen LogP contribution is -2.46. The Morgan fingerprint density at radius 2 is 2.07 bits per heavy atom. The van der Waals surface area contributed by atoms with Crippen LogP contribution in [0.5, 0.6) is 11.5 Å². The molecule has 1 N–H and O–H groups in total. The van der Waals surface area contributed by atoms with Crippen LogP contribution in [0.15, 0.2) is 53.0 Å². The van der Waals surface area contributed by atoms with Crippen molar-refractivity contribution in [3.8, 4) is 11.5 Å². The van der Waals surface area contributed by atoms with E-state index < -0.39 is 0 Å². The zero-order valence-corrected chi connectivity index (χ0v) is 18.1. The first-order valence-electron chi connectivity index (χ1n) is 9.96. The van der Waals surface area contributed by atoms with Crippen LogP contribution in [0.1, 0.15) is 6.42 Å². The van der Waals surface area contributed by atoms with E-state index >= 15 is 0 Å².